The largest absolute Gasteiger partial charge is 0.466 e. The summed E-state index contributed by atoms with van der Waals surface area (Å²) in [6, 6.07) is 1.73. The van der Waals surface area contributed by atoms with Crippen LogP contribution < -0.4 is 9.47 Å². The predicted octanol–water partition coefficient (Wildman–Crippen LogP) is 3.27. The van der Waals surface area contributed by atoms with Crippen molar-refractivity contribution in [2.24, 2.45) is 0 Å². The first kappa shape index (κ1) is 14.4. The highest BCUT2D eigenvalue weighted by Gasteiger charge is 2.16. The number of methoxy groups -OCH3 is 2. The van der Waals surface area contributed by atoms with Crippen molar-refractivity contribution < 1.29 is 18.9 Å². The molecule has 0 aromatic heterocycles. The van der Waals surface area contributed by atoms with Crippen molar-refractivity contribution in [3.63, 3.8) is 0 Å². The van der Waals surface area contributed by atoms with Crippen LogP contribution >= 0.6 is 23.2 Å². The molecule has 0 N–H and O–H groups in total. The number of benzene rings is 1. The van der Waals surface area contributed by atoms with Gasteiger partial charge in [0.2, 0.25) is 0 Å². The van der Waals surface area contributed by atoms with Crippen molar-refractivity contribution in [3.05, 3.63) is 21.7 Å². The zero-order chi connectivity index (χ0) is 12.8. The van der Waals surface area contributed by atoms with Gasteiger partial charge in [0.1, 0.15) is 10.8 Å². The van der Waals surface area contributed by atoms with Crippen molar-refractivity contribution in [2.75, 3.05) is 27.8 Å². The average molecular weight is 281 g/mol. The van der Waals surface area contributed by atoms with Gasteiger partial charge in [-0.25, -0.2) is 0 Å². The fourth-order valence-electron chi connectivity index (χ4n) is 1.18. The van der Waals surface area contributed by atoms with Crippen LogP contribution in [-0.4, -0.2) is 27.8 Å². The minimum Gasteiger partial charge on any atom is -0.466 e. The van der Waals surface area contributed by atoms with Crippen LogP contribution in [0.1, 0.15) is 5.56 Å². The van der Waals surface area contributed by atoms with Crippen LogP contribution in [0.15, 0.2) is 6.07 Å². The molecule has 0 aliphatic rings. The fourth-order valence-corrected chi connectivity index (χ4v) is 1.69. The molecule has 0 heterocycles. The third-order valence-corrected chi connectivity index (χ3v) is 2.79. The van der Waals surface area contributed by atoms with Gasteiger partial charge in [-0.3, -0.25) is 0 Å². The summed E-state index contributed by atoms with van der Waals surface area (Å²) in [7, 11) is 3.04. The van der Waals surface area contributed by atoms with Gasteiger partial charge >= 0.3 is 0 Å². The van der Waals surface area contributed by atoms with Gasteiger partial charge in [-0.05, 0) is 18.6 Å². The van der Waals surface area contributed by atoms with Crippen LogP contribution in [0.3, 0.4) is 0 Å². The number of ether oxygens (including phenoxy) is 4. The van der Waals surface area contributed by atoms with Gasteiger partial charge in [-0.1, -0.05) is 23.2 Å². The van der Waals surface area contributed by atoms with E-state index in [0.29, 0.717) is 21.5 Å². The van der Waals surface area contributed by atoms with Crippen LogP contribution in [0.25, 0.3) is 0 Å². The zero-order valence-electron chi connectivity index (χ0n) is 9.88. The Morgan fingerprint density at radius 1 is 1.00 bits per heavy atom. The number of hydrogen-bond acceptors (Lipinski definition) is 4. The fraction of sp³-hybridized carbons (Fsp3) is 0.455. The molecule has 96 valence electrons. The molecule has 0 radical (unpaired) electrons. The molecule has 1 rings (SSSR count). The van der Waals surface area contributed by atoms with Gasteiger partial charge < -0.3 is 18.9 Å². The standard InChI is InChI=1S/C11H14Cl2O4/c1-7-4-8(16-5-14-2)10(13)11(9(7)12)17-6-15-3/h4H,5-6H2,1-3H3. The summed E-state index contributed by atoms with van der Waals surface area (Å²) in [6.45, 7) is 2.00. The van der Waals surface area contributed by atoms with Crippen molar-refractivity contribution in [1.82, 2.24) is 0 Å². The van der Waals surface area contributed by atoms with E-state index >= 15 is 0 Å². The lowest BCUT2D eigenvalue weighted by atomic mass is 10.2. The van der Waals surface area contributed by atoms with Gasteiger partial charge in [-0.2, -0.15) is 0 Å². The Bertz CT molecular complexity index is 382. The molecule has 0 saturated carbocycles. The highest BCUT2D eigenvalue weighted by atomic mass is 35.5. The van der Waals surface area contributed by atoms with Gasteiger partial charge in [0.05, 0.1) is 5.02 Å². The molecule has 0 unspecified atom stereocenters. The molecule has 0 atom stereocenters. The highest BCUT2D eigenvalue weighted by Crippen LogP contribution is 2.42. The summed E-state index contributed by atoms with van der Waals surface area (Å²) in [5.41, 5.74) is 0.799. The van der Waals surface area contributed by atoms with Crippen molar-refractivity contribution in [2.45, 2.75) is 6.92 Å². The second-order valence-corrected chi connectivity index (χ2v) is 4.01. The van der Waals surface area contributed by atoms with Gasteiger partial charge in [0, 0.05) is 14.2 Å². The van der Waals surface area contributed by atoms with Crippen molar-refractivity contribution >= 4 is 23.2 Å². The van der Waals surface area contributed by atoms with Crippen LogP contribution in [0, 0.1) is 6.92 Å². The molecular weight excluding hydrogens is 267 g/mol. The van der Waals surface area contributed by atoms with E-state index in [1.807, 2.05) is 6.92 Å². The molecular formula is C11H14Cl2O4. The maximum atomic E-state index is 6.11. The Morgan fingerprint density at radius 2 is 1.59 bits per heavy atom. The smallest absolute Gasteiger partial charge is 0.188 e. The number of rotatable bonds is 6. The number of hydrogen-bond donors (Lipinski definition) is 0. The van der Waals surface area contributed by atoms with E-state index in [1.165, 1.54) is 14.2 Å². The molecule has 0 aliphatic heterocycles. The van der Waals surface area contributed by atoms with Crippen LogP contribution in [-0.2, 0) is 9.47 Å². The first-order valence-electron chi connectivity index (χ1n) is 4.83. The van der Waals surface area contributed by atoms with Crippen LogP contribution in [0.2, 0.25) is 10.0 Å². The zero-order valence-corrected chi connectivity index (χ0v) is 11.4. The van der Waals surface area contributed by atoms with E-state index in [0.717, 1.165) is 5.56 Å². The Labute approximate surface area is 110 Å². The summed E-state index contributed by atoms with van der Waals surface area (Å²) < 4.78 is 20.2. The molecule has 0 bridgehead atoms. The SMILES string of the molecule is COCOc1cc(C)c(Cl)c(OCOC)c1Cl. The third kappa shape index (κ3) is 3.64. The summed E-state index contributed by atoms with van der Waals surface area (Å²) in [6.07, 6.45) is 0. The minimum atomic E-state index is 0.0621. The summed E-state index contributed by atoms with van der Waals surface area (Å²) >= 11 is 12.2. The second kappa shape index (κ2) is 6.91. The lowest BCUT2D eigenvalue weighted by Gasteiger charge is -2.14. The normalized spacial score (nSPS) is 10.4. The van der Waals surface area contributed by atoms with E-state index < -0.39 is 0 Å². The lowest BCUT2D eigenvalue weighted by molar-refractivity contribution is 0.0461. The van der Waals surface area contributed by atoms with Gasteiger partial charge in [0.15, 0.2) is 19.3 Å². The van der Waals surface area contributed by atoms with E-state index in [1.54, 1.807) is 6.07 Å². The van der Waals surface area contributed by atoms with Crippen molar-refractivity contribution in [1.29, 1.82) is 0 Å². The first-order valence-corrected chi connectivity index (χ1v) is 5.59. The summed E-state index contributed by atoms with van der Waals surface area (Å²) in [5, 5.41) is 0.742. The Kier molecular flexibility index (Phi) is 5.85. The third-order valence-electron chi connectivity index (χ3n) is 1.96. The Balaban J connectivity index is 3.04. The molecule has 1 aromatic rings. The van der Waals surface area contributed by atoms with Crippen LogP contribution in [0.4, 0.5) is 0 Å². The number of halogens is 2. The van der Waals surface area contributed by atoms with E-state index in [9.17, 15) is 0 Å². The molecule has 0 spiro atoms. The Morgan fingerprint density at radius 3 is 2.18 bits per heavy atom. The molecule has 6 heteroatoms. The molecule has 0 aliphatic carbocycles. The van der Waals surface area contributed by atoms with E-state index in [2.05, 4.69) is 0 Å². The Hall–Kier alpha value is -0.680. The molecule has 0 amide bonds. The molecule has 4 nitrogen and oxygen atoms in total. The topological polar surface area (TPSA) is 36.9 Å². The predicted molar refractivity (Wildman–Crippen MR) is 66.2 cm³/mol. The first-order chi connectivity index (χ1) is 8.11. The maximum absolute atomic E-state index is 6.11. The monoisotopic (exact) mass is 280 g/mol. The van der Waals surface area contributed by atoms with Crippen molar-refractivity contribution in [3.8, 4) is 11.5 Å². The second-order valence-electron chi connectivity index (χ2n) is 3.25. The summed E-state index contributed by atoms with van der Waals surface area (Å²) in [5.74, 6) is 0.808. The highest BCUT2D eigenvalue weighted by molar-refractivity contribution is 6.38. The summed E-state index contributed by atoms with van der Waals surface area (Å²) in [4.78, 5) is 0. The molecule has 1 aromatic carbocycles. The molecule has 17 heavy (non-hydrogen) atoms. The van der Waals surface area contributed by atoms with E-state index in [-0.39, 0.29) is 13.6 Å². The quantitative estimate of drug-likeness (QED) is 0.750. The maximum Gasteiger partial charge on any atom is 0.188 e. The van der Waals surface area contributed by atoms with E-state index in [4.69, 9.17) is 42.1 Å². The average Bonchev–Trinajstić information content (AvgIpc) is 2.32. The lowest BCUT2D eigenvalue weighted by Crippen LogP contribution is -2.04. The molecule has 0 fully saturated rings. The van der Waals surface area contributed by atoms with Gasteiger partial charge in [-0.15, -0.1) is 0 Å². The van der Waals surface area contributed by atoms with Gasteiger partial charge in [0.25, 0.3) is 0 Å². The van der Waals surface area contributed by atoms with Crippen LogP contribution in [0.5, 0.6) is 11.5 Å². The number of aryl methyl sites for hydroxylation is 1. The minimum absolute atomic E-state index is 0.0621. The molecule has 0 saturated heterocycles.